The van der Waals surface area contributed by atoms with E-state index in [0.29, 0.717) is 35.0 Å². The lowest BCUT2D eigenvalue weighted by Crippen LogP contribution is -2.18. The van der Waals surface area contributed by atoms with Crippen LogP contribution in [-0.2, 0) is 0 Å². The molecule has 0 aromatic heterocycles. The minimum Gasteiger partial charge on any atom is -0.494 e. The predicted octanol–water partition coefficient (Wildman–Crippen LogP) is 5.71. The maximum Gasteiger partial charge on any atom is 0.257 e. The highest BCUT2D eigenvalue weighted by Crippen LogP contribution is 2.21. The van der Waals surface area contributed by atoms with E-state index in [1.54, 1.807) is 60.7 Å². The molecule has 0 saturated heterocycles. The number of hydrogen-bond acceptors (Lipinski definition) is 3. The van der Waals surface area contributed by atoms with E-state index in [2.05, 4.69) is 24.5 Å². The van der Waals surface area contributed by atoms with Crippen LogP contribution in [0.15, 0.2) is 72.8 Å². The van der Waals surface area contributed by atoms with Gasteiger partial charge < -0.3 is 15.4 Å². The van der Waals surface area contributed by atoms with Gasteiger partial charge in [0.1, 0.15) is 5.75 Å². The van der Waals surface area contributed by atoms with Crippen LogP contribution in [0, 0.1) is 0 Å². The molecule has 0 radical (unpaired) electrons. The molecule has 5 heteroatoms. The minimum absolute atomic E-state index is 0.258. The van der Waals surface area contributed by atoms with Gasteiger partial charge >= 0.3 is 0 Å². The summed E-state index contributed by atoms with van der Waals surface area (Å²) in [5.74, 6) is 0.581. The van der Waals surface area contributed by atoms with E-state index in [1.807, 2.05) is 19.1 Å². The number of hydrogen-bond donors (Lipinski definition) is 2. The molecule has 0 atom stereocenters. The summed E-state index contributed by atoms with van der Waals surface area (Å²) in [7, 11) is 0. The summed E-state index contributed by atoms with van der Waals surface area (Å²) in [5, 5.41) is 5.70. The molecule has 0 fully saturated rings. The number of nitrogens with one attached hydrogen (secondary N) is 2. The van der Waals surface area contributed by atoms with Crippen LogP contribution < -0.4 is 15.4 Å². The number of carbonyl (C=O) groups excluding carboxylic acids is 2. The van der Waals surface area contributed by atoms with Crippen molar-refractivity contribution in [3.8, 4) is 5.75 Å². The second kappa shape index (κ2) is 9.74. The molecule has 3 rings (SSSR count). The van der Waals surface area contributed by atoms with Crippen LogP contribution in [0.3, 0.4) is 0 Å². The quantitative estimate of drug-likeness (QED) is 0.532. The Hall–Kier alpha value is -3.60. The third-order valence-corrected chi connectivity index (χ3v) is 4.68. The van der Waals surface area contributed by atoms with Gasteiger partial charge in [-0.05, 0) is 66.9 Å². The average Bonchev–Trinajstić information content (AvgIpc) is 2.75. The monoisotopic (exact) mass is 402 g/mol. The largest absolute Gasteiger partial charge is 0.494 e. The molecule has 0 aliphatic carbocycles. The topological polar surface area (TPSA) is 67.4 Å². The Kier molecular flexibility index (Phi) is 6.86. The first-order valence-electron chi connectivity index (χ1n) is 10.0. The van der Waals surface area contributed by atoms with Crippen LogP contribution in [0.25, 0.3) is 0 Å². The van der Waals surface area contributed by atoms with Crippen LogP contribution >= 0.6 is 0 Å². The molecule has 5 nitrogen and oxygen atoms in total. The molecular formula is C25H26N2O3. The lowest BCUT2D eigenvalue weighted by Gasteiger charge is -2.12. The molecule has 3 aromatic rings. The fourth-order valence-corrected chi connectivity index (χ4v) is 3.00. The Morgan fingerprint density at radius 1 is 0.833 bits per heavy atom. The first-order valence-corrected chi connectivity index (χ1v) is 10.0. The molecule has 0 spiro atoms. The molecule has 154 valence electrons. The van der Waals surface area contributed by atoms with Gasteiger partial charge in [-0.2, -0.15) is 0 Å². The van der Waals surface area contributed by atoms with Gasteiger partial charge in [-0.25, -0.2) is 0 Å². The number of amides is 2. The van der Waals surface area contributed by atoms with Gasteiger partial charge in [-0.1, -0.05) is 38.1 Å². The lowest BCUT2D eigenvalue weighted by molar-refractivity contribution is 0.102. The van der Waals surface area contributed by atoms with Crippen molar-refractivity contribution in [2.45, 2.75) is 26.7 Å². The molecule has 0 aliphatic heterocycles. The number of ether oxygens (including phenoxy) is 1. The van der Waals surface area contributed by atoms with Gasteiger partial charge in [0.15, 0.2) is 0 Å². The van der Waals surface area contributed by atoms with E-state index in [0.717, 1.165) is 5.75 Å². The average molecular weight is 402 g/mol. The van der Waals surface area contributed by atoms with Crippen LogP contribution in [0.5, 0.6) is 5.75 Å². The van der Waals surface area contributed by atoms with E-state index < -0.39 is 0 Å². The Morgan fingerprint density at radius 3 is 2.13 bits per heavy atom. The Morgan fingerprint density at radius 2 is 1.50 bits per heavy atom. The molecule has 3 aromatic carbocycles. The van der Waals surface area contributed by atoms with E-state index in [9.17, 15) is 9.59 Å². The fourth-order valence-electron chi connectivity index (χ4n) is 3.00. The van der Waals surface area contributed by atoms with Crippen LogP contribution in [0.2, 0.25) is 0 Å². The highest BCUT2D eigenvalue weighted by atomic mass is 16.5. The second-order valence-corrected chi connectivity index (χ2v) is 7.19. The summed E-state index contributed by atoms with van der Waals surface area (Å²) in [6.45, 7) is 6.71. The molecular weight excluding hydrogens is 376 g/mol. The van der Waals surface area contributed by atoms with Gasteiger partial charge in [0.05, 0.1) is 17.9 Å². The van der Waals surface area contributed by atoms with Crippen molar-refractivity contribution < 1.29 is 14.3 Å². The number of carbonyl (C=O) groups is 2. The minimum atomic E-state index is -0.301. The van der Waals surface area contributed by atoms with E-state index in [1.165, 1.54) is 5.56 Å². The summed E-state index contributed by atoms with van der Waals surface area (Å²) in [4.78, 5) is 25.5. The van der Waals surface area contributed by atoms with E-state index in [-0.39, 0.29) is 11.8 Å². The first kappa shape index (κ1) is 21.1. The summed E-state index contributed by atoms with van der Waals surface area (Å²) in [5.41, 5.74) is 3.20. The van der Waals surface area contributed by atoms with Gasteiger partial charge in [0, 0.05) is 11.3 Å². The Balaban J connectivity index is 1.73. The van der Waals surface area contributed by atoms with E-state index >= 15 is 0 Å². The van der Waals surface area contributed by atoms with Gasteiger partial charge in [-0.15, -0.1) is 0 Å². The molecule has 30 heavy (non-hydrogen) atoms. The summed E-state index contributed by atoms with van der Waals surface area (Å²) in [6.07, 6.45) is 0. The Bertz CT molecular complexity index is 1010. The highest BCUT2D eigenvalue weighted by Gasteiger charge is 2.14. The van der Waals surface area contributed by atoms with Gasteiger partial charge in [0.25, 0.3) is 11.8 Å². The van der Waals surface area contributed by atoms with Crippen molar-refractivity contribution in [3.63, 3.8) is 0 Å². The fraction of sp³-hybridized carbons (Fsp3) is 0.200. The van der Waals surface area contributed by atoms with Crippen molar-refractivity contribution >= 4 is 23.2 Å². The molecule has 0 unspecified atom stereocenters. The SMILES string of the molecule is CCOc1ccc(NC(=O)c2ccccc2NC(=O)c2ccc(C(C)C)cc2)cc1. The maximum atomic E-state index is 12.8. The molecule has 0 bridgehead atoms. The van der Waals surface area contributed by atoms with Crippen molar-refractivity contribution in [2.24, 2.45) is 0 Å². The standard InChI is InChI=1S/C25H26N2O3/c1-4-30-21-15-13-20(14-16-21)26-25(29)22-7-5-6-8-23(22)27-24(28)19-11-9-18(10-12-19)17(2)3/h5-17H,4H2,1-3H3,(H,26,29)(H,27,28). The summed E-state index contributed by atoms with van der Waals surface area (Å²) in [6, 6.07) is 21.6. The predicted molar refractivity (Wildman–Crippen MR) is 120 cm³/mol. The molecule has 2 N–H and O–H groups in total. The normalized spacial score (nSPS) is 10.5. The molecule has 2 amide bonds. The number of benzene rings is 3. The summed E-state index contributed by atoms with van der Waals surface area (Å²) < 4.78 is 5.42. The van der Waals surface area contributed by atoms with Crippen molar-refractivity contribution in [3.05, 3.63) is 89.5 Å². The molecule has 0 saturated carbocycles. The number of para-hydroxylation sites is 1. The van der Waals surface area contributed by atoms with Crippen LogP contribution in [-0.4, -0.2) is 18.4 Å². The molecule has 0 aliphatic rings. The Labute approximate surface area is 177 Å². The smallest absolute Gasteiger partial charge is 0.257 e. The third-order valence-electron chi connectivity index (χ3n) is 4.68. The van der Waals surface area contributed by atoms with E-state index in [4.69, 9.17) is 4.74 Å². The zero-order chi connectivity index (χ0) is 21.5. The van der Waals surface area contributed by atoms with Crippen LogP contribution in [0.4, 0.5) is 11.4 Å². The third kappa shape index (κ3) is 5.26. The lowest BCUT2D eigenvalue weighted by atomic mass is 10.0. The van der Waals surface area contributed by atoms with Gasteiger partial charge in [-0.3, -0.25) is 9.59 Å². The number of anilines is 2. The highest BCUT2D eigenvalue weighted by molar-refractivity contribution is 6.12. The second-order valence-electron chi connectivity index (χ2n) is 7.19. The van der Waals surface area contributed by atoms with Crippen molar-refractivity contribution in [2.75, 3.05) is 17.2 Å². The zero-order valence-corrected chi connectivity index (χ0v) is 17.4. The number of rotatable bonds is 7. The zero-order valence-electron chi connectivity index (χ0n) is 17.4. The van der Waals surface area contributed by atoms with Crippen molar-refractivity contribution in [1.29, 1.82) is 0 Å². The first-order chi connectivity index (χ1) is 14.5. The van der Waals surface area contributed by atoms with Crippen molar-refractivity contribution in [1.82, 2.24) is 0 Å². The summed E-state index contributed by atoms with van der Waals surface area (Å²) >= 11 is 0. The molecule has 0 heterocycles. The van der Waals surface area contributed by atoms with Gasteiger partial charge in [0.2, 0.25) is 0 Å². The maximum absolute atomic E-state index is 12.8. The van der Waals surface area contributed by atoms with Crippen LogP contribution in [0.1, 0.15) is 53.0 Å².